The second-order valence-electron chi connectivity index (χ2n) is 7.45. The third-order valence-electron chi connectivity index (χ3n) is 5.61. The molecule has 0 bridgehead atoms. The Labute approximate surface area is 181 Å². The lowest BCUT2D eigenvalue weighted by atomic mass is 9.76. The largest absolute Gasteiger partial charge is 0.496 e. The molecule has 32 heavy (non-hydrogen) atoms. The van der Waals surface area contributed by atoms with Crippen LogP contribution in [0.5, 0.6) is 5.75 Å². The summed E-state index contributed by atoms with van der Waals surface area (Å²) in [6, 6.07) is 14.6. The molecule has 0 unspecified atom stereocenters. The van der Waals surface area contributed by atoms with Gasteiger partial charge in [0.2, 0.25) is 5.72 Å². The number of ketones is 1. The summed E-state index contributed by atoms with van der Waals surface area (Å²) in [5, 5.41) is 15.9. The van der Waals surface area contributed by atoms with Gasteiger partial charge in [-0.15, -0.1) is 0 Å². The van der Waals surface area contributed by atoms with Crippen LogP contribution in [0.15, 0.2) is 66.7 Å². The van der Waals surface area contributed by atoms with Crippen molar-refractivity contribution in [3.63, 3.8) is 0 Å². The smallest absolute Gasteiger partial charge is 0.437 e. The molecule has 3 N–H and O–H groups in total. The van der Waals surface area contributed by atoms with E-state index in [1.807, 2.05) is 0 Å². The second-order valence-corrected chi connectivity index (χ2v) is 7.45. The fraction of sp³-hybridized carbons (Fsp3) is 0.217. The van der Waals surface area contributed by atoms with Crippen LogP contribution in [0.3, 0.4) is 0 Å². The summed E-state index contributed by atoms with van der Waals surface area (Å²) in [4.78, 5) is 25.7. The lowest BCUT2D eigenvalue weighted by Gasteiger charge is -2.45. The van der Waals surface area contributed by atoms with E-state index < -0.39 is 35.7 Å². The number of hydrogen-bond donors (Lipinski definition) is 3. The molecule has 0 radical (unpaired) electrons. The van der Waals surface area contributed by atoms with Gasteiger partial charge in [-0.05, 0) is 16.8 Å². The van der Waals surface area contributed by atoms with Crippen LogP contribution in [0.2, 0.25) is 0 Å². The first kappa shape index (κ1) is 21.6. The summed E-state index contributed by atoms with van der Waals surface area (Å²) in [5.74, 6) is -2.95. The zero-order chi connectivity index (χ0) is 23.1. The van der Waals surface area contributed by atoms with Gasteiger partial charge >= 0.3 is 12.2 Å². The van der Waals surface area contributed by atoms with E-state index in [1.165, 1.54) is 36.7 Å². The number of aliphatic hydroxyl groups is 1. The van der Waals surface area contributed by atoms with Crippen LogP contribution in [-0.2, 0) is 0 Å². The molecule has 0 spiro atoms. The zero-order valence-electron chi connectivity index (χ0n) is 16.8. The molecule has 1 fully saturated rings. The quantitative estimate of drug-likeness (QED) is 0.532. The molecule has 1 aliphatic rings. The third-order valence-corrected chi connectivity index (χ3v) is 5.61. The number of carbonyl (C=O) groups excluding carboxylic acids is 2. The summed E-state index contributed by atoms with van der Waals surface area (Å²) >= 11 is 0. The van der Waals surface area contributed by atoms with Gasteiger partial charge < -0.3 is 20.5 Å². The fourth-order valence-corrected chi connectivity index (χ4v) is 4.14. The van der Waals surface area contributed by atoms with Crippen molar-refractivity contribution in [1.82, 2.24) is 10.6 Å². The van der Waals surface area contributed by atoms with Gasteiger partial charge in [-0.1, -0.05) is 60.7 Å². The van der Waals surface area contributed by atoms with Gasteiger partial charge in [-0.25, -0.2) is 4.79 Å². The van der Waals surface area contributed by atoms with Crippen LogP contribution < -0.4 is 15.4 Å². The number of nitrogens with one attached hydrogen (secondary N) is 2. The zero-order valence-corrected chi connectivity index (χ0v) is 16.8. The monoisotopic (exact) mass is 444 g/mol. The maximum Gasteiger partial charge on any atom is 0.437 e. The summed E-state index contributed by atoms with van der Waals surface area (Å²) in [6.07, 6.45) is -5.34. The number of carbonyl (C=O) groups is 2. The van der Waals surface area contributed by atoms with Crippen molar-refractivity contribution in [3.05, 3.63) is 77.9 Å². The summed E-state index contributed by atoms with van der Waals surface area (Å²) in [7, 11) is 1.33. The molecule has 1 aliphatic heterocycles. The summed E-state index contributed by atoms with van der Waals surface area (Å²) < 4.78 is 47.8. The number of Topliss-reactive ketones (excluding diaryl/α,β-unsaturated/α-hetero) is 1. The first-order valence-corrected chi connectivity index (χ1v) is 9.70. The normalized spacial score (nSPS) is 23.3. The van der Waals surface area contributed by atoms with E-state index in [0.717, 1.165) is 0 Å². The Morgan fingerprint density at radius 3 is 2.34 bits per heavy atom. The van der Waals surface area contributed by atoms with Crippen molar-refractivity contribution in [2.24, 2.45) is 5.92 Å². The standard InChI is InChI=1S/C23H19F3N2O4/c1-32-16-12-11-13-7-5-6-10-15(13)17(16)19-18(20(29)14-8-3-2-4-9-14)22(31,23(24,25)26)28-21(30)27-19/h2-12,18-19,31H,1H3,(H2,27,28,30)/t18-,19+,22+/m1/s1. The Morgan fingerprint density at radius 1 is 1.03 bits per heavy atom. The molecule has 3 aromatic carbocycles. The van der Waals surface area contributed by atoms with Gasteiger partial charge in [0.15, 0.2) is 5.78 Å². The second kappa shape index (κ2) is 7.83. The van der Waals surface area contributed by atoms with Crippen molar-refractivity contribution in [3.8, 4) is 5.75 Å². The number of fused-ring (bicyclic) bond motifs is 1. The van der Waals surface area contributed by atoms with Crippen molar-refractivity contribution >= 4 is 22.6 Å². The Hall–Kier alpha value is -3.59. The Bertz CT molecular complexity index is 1180. The number of benzene rings is 3. The van der Waals surface area contributed by atoms with E-state index in [4.69, 9.17) is 4.74 Å². The van der Waals surface area contributed by atoms with Crippen molar-refractivity contribution < 1.29 is 32.6 Å². The minimum absolute atomic E-state index is 0.0395. The molecular formula is C23H19F3N2O4. The van der Waals surface area contributed by atoms with Gasteiger partial charge in [0.05, 0.1) is 13.2 Å². The van der Waals surface area contributed by atoms with Crippen LogP contribution in [0.4, 0.5) is 18.0 Å². The van der Waals surface area contributed by atoms with Crippen molar-refractivity contribution in [2.75, 3.05) is 7.11 Å². The fourth-order valence-electron chi connectivity index (χ4n) is 4.14. The lowest BCUT2D eigenvalue weighted by molar-refractivity contribution is -0.287. The summed E-state index contributed by atoms with van der Waals surface area (Å²) in [5.41, 5.74) is -3.69. The number of urea groups is 1. The van der Waals surface area contributed by atoms with E-state index in [9.17, 15) is 27.9 Å². The molecule has 3 aromatic rings. The molecule has 0 aromatic heterocycles. The molecule has 9 heteroatoms. The third kappa shape index (κ3) is 3.44. The van der Waals surface area contributed by atoms with Crippen LogP contribution in [-0.4, -0.2) is 35.9 Å². The minimum Gasteiger partial charge on any atom is -0.496 e. The molecule has 0 saturated carbocycles. The highest BCUT2D eigenvalue weighted by atomic mass is 19.4. The Morgan fingerprint density at radius 2 is 1.69 bits per heavy atom. The van der Waals surface area contributed by atoms with E-state index in [1.54, 1.807) is 42.5 Å². The first-order chi connectivity index (χ1) is 15.2. The molecule has 166 valence electrons. The van der Waals surface area contributed by atoms with Crippen LogP contribution in [0.1, 0.15) is 22.0 Å². The van der Waals surface area contributed by atoms with Gasteiger partial charge in [0, 0.05) is 11.1 Å². The number of rotatable bonds is 4. The number of hydrogen-bond acceptors (Lipinski definition) is 4. The van der Waals surface area contributed by atoms with E-state index in [0.29, 0.717) is 10.8 Å². The predicted molar refractivity (Wildman–Crippen MR) is 110 cm³/mol. The highest BCUT2D eigenvalue weighted by molar-refractivity contribution is 6.01. The average molecular weight is 444 g/mol. The number of amides is 2. The van der Waals surface area contributed by atoms with E-state index in [-0.39, 0.29) is 16.9 Å². The number of methoxy groups -OCH3 is 1. The molecule has 1 saturated heterocycles. The van der Waals surface area contributed by atoms with Crippen LogP contribution in [0.25, 0.3) is 10.8 Å². The molecule has 0 aliphatic carbocycles. The number of alkyl halides is 3. The van der Waals surface area contributed by atoms with Crippen molar-refractivity contribution in [1.29, 1.82) is 0 Å². The average Bonchev–Trinajstić information content (AvgIpc) is 2.77. The maximum absolute atomic E-state index is 14.1. The van der Waals surface area contributed by atoms with Crippen molar-refractivity contribution in [2.45, 2.75) is 17.9 Å². The van der Waals surface area contributed by atoms with Gasteiger partial charge in [0.25, 0.3) is 0 Å². The number of ether oxygens (including phenoxy) is 1. The molecular weight excluding hydrogens is 425 g/mol. The van der Waals surface area contributed by atoms with E-state index in [2.05, 4.69) is 5.32 Å². The van der Waals surface area contributed by atoms with Crippen LogP contribution in [0, 0.1) is 5.92 Å². The molecule has 1 heterocycles. The molecule has 4 rings (SSSR count). The highest BCUT2D eigenvalue weighted by Gasteiger charge is 2.66. The minimum atomic E-state index is -5.34. The topological polar surface area (TPSA) is 87.7 Å². The molecule has 3 atom stereocenters. The van der Waals surface area contributed by atoms with Gasteiger partial charge in [-0.2, -0.15) is 13.2 Å². The van der Waals surface area contributed by atoms with E-state index >= 15 is 0 Å². The van der Waals surface area contributed by atoms with Gasteiger partial charge in [0.1, 0.15) is 11.7 Å². The maximum atomic E-state index is 14.1. The molecule has 6 nitrogen and oxygen atoms in total. The number of halogens is 3. The predicted octanol–water partition coefficient (Wildman–Crippen LogP) is 3.95. The SMILES string of the molecule is COc1ccc2ccccc2c1[C@@H]1NC(=O)N[C@@](O)(C(F)(F)F)[C@H]1C(=O)c1ccccc1. The Kier molecular flexibility index (Phi) is 5.29. The molecule has 2 amide bonds. The van der Waals surface area contributed by atoms with Crippen LogP contribution >= 0.6 is 0 Å². The highest BCUT2D eigenvalue weighted by Crippen LogP contribution is 2.47. The summed E-state index contributed by atoms with van der Waals surface area (Å²) in [6.45, 7) is 0. The van der Waals surface area contributed by atoms with Gasteiger partial charge in [-0.3, -0.25) is 4.79 Å². The lowest BCUT2D eigenvalue weighted by Crippen LogP contribution is -2.72. The Balaban J connectivity index is 2.00. The first-order valence-electron chi connectivity index (χ1n) is 9.70.